The second-order valence-corrected chi connectivity index (χ2v) is 9.38. The van der Waals surface area contributed by atoms with Crippen molar-refractivity contribution in [2.75, 3.05) is 19.4 Å². The Kier molecular flexibility index (Phi) is 10.2. The van der Waals surface area contributed by atoms with Gasteiger partial charge in [0.05, 0.1) is 12.9 Å². The number of hydrogen-bond acceptors (Lipinski definition) is 4. The lowest BCUT2D eigenvalue weighted by Gasteiger charge is -2.31. The molecule has 3 aromatic rings. The number of methoxy groups -OCH3 is 1. The monoisotopic (exact) mass is 490 g/mol. The molecule has 6 heteroatoms. The fourth-order valence-corrected chi connectivity index (χ4v) is 4.90. The lowest BCUT2D eigenvalue weighted by molar-refractivity contribution is -0.139. The molecule has 0 saturated carbocycles. The Morgan fingerprint density at radius 3 is 2.40 bits per heavy atom. The van der Waals surface area contributed by atoms with E-state index in [0.29, 0.717) is 25.3 Å². The standard InChI is InChI=1S/C29H34N2O3S/c1-4-30-29(33)27(18-23-12-6-5-7-13-23)31(19-24-14-10-16-26(17-24)34-3)28(32)21-35-20-25-15-9-8-11-22(25)2/h5-17,27H,4,18-21H2,1-3H3,(H,30,33)/t27-/m0/s1. The zero-order valence-corrected chi connectivity index (χ0v) is 21.5. The van der Waals surface area contributed by atoms with Crippen LogP contribution < -0.4 is 10.1 Å². The van der Waals surface area contributed by atoms with Gasteiger partial charge in [0.25, 0.3) is 0 Å². The molecule has 0 bridgehead atoms. The molecule has 0 fully saturated rings. The summed E-state index contributed by atoms with van der Waals surface area (Å²) in [7, 11) is 1.62. The Labute approximate surface area is 212 Å². The van der Waals surface area contributed by atoms with Gasteiger partial charge in [0.15, 0.2) is 0 Å². The van der Waals surface area contributed by atoms with Gasteiger partial charge in [-0.05, 0) is 48.2 Å². The summed E-state index contributed by atoms with van der Waals surface area (Å²) in [5.41, 5.74) is 4.36. The van der Waals surface area contributed by atoms with Gasteiger partial charge in [0, 0.05) is 25.3 Å². The van der Waals surface area contributed by atoms with Crippen LogP contribution in [-0.4, -0.2) is 42.2 Å². The van der Waals surface area contributed by atoms with Gasteiger partial charge in [0.2, 0.25) is 11.8 Å². The third kappa shape index (κ3) is 7.89. The maximum atomic E-state index is 13.6. The van der Waals surface area contributed by atoms with Crippen LogP contribution in [0, 0.1) is 6.92 Å². The van der Waals surface area contributed by atoms with Crippen molar-refractivity contribution >= 4 is 23.6 Å². The van der Waals surface area contributed by atoms with Crippen LogP contribution in [0.3, 0.4) is 0 Å². The predicted octanol–water partition coefficient (Wildman–Crippen LogP) is 5.01. The summed E-state index contributed by atoms with van der Waals surface area (Å²) in [4.78, 5) is 28.5. The van der Waals surface area contributed by atoms with Crippen molar-refractivity contribution in [3.63, 3.8) is 0 Å². The van der Waals surface area contributed by atoms with Gasteiger partial charge in [-0.15, -0.1) is 11.8 Å². The Balaban J connectivity index is 1.85. The number of nitrogens with one attached hydrogen (secondary N) is 1. The fourth-order valence-electron chi connectivity index (χ4n) is 3.92. The molecule has 1 N–H and O–H groups in total. The normalized spacial score (nSPS) is 11.5. The first-order valence-corrected chi connectivity index (χ1v) is 13.0. The number of thioether (sulfide) groups is 1. The molecule has 1 atom stereocenters. The van der Waals surface area contributed by atoms with E-state index in [1.165, 1.54) is 11.1 Å². The lowest BCUT2D eigenvalue weighted by Crippen LogP contribution is -2.51. The van der Waals surface area contributed by atoms with Crippen molar-refractivity contribution in [1.82, 2.24) is 10.2 Å². The summed E-state index contributed by atoms with van der Waals surface area (Å²) in [6.07, 6.45) is 0.449. The summed E-state index contributed by atoms with van der Waals surface area (Å²) in [5, 5.41) is 2.93. The summed E-state index contributed by atoms with van der Waals surface area (Å²) in [6.45, 7) is 4.81. The van der Waals surface area contributed by atoms with Crippen LogP contribution in [0.2, 0.25) is 0 Å². The molecule has 184 valence electrons. The molecule has 0 heterocycles. The fraction of sp³-hybridized carbons (Fsp3) is 0.310. The van der Waals surface area contributed by atoms with Gasteiger partial charge in [0.1, 0.15) is 11.8 Å². The maximum absolute atomic E-state index is 13.6. The molecular weight excluding hydrogens is 456 g/mol. The average Bonchev–Trinajstić information content (AvgIpc) is 2.88. The van der Waals surface area contributed by atoms with Crippen molar-refractivity contribution in [2.24, 2.45) is 0 Å². The number of hydrogen-bond donors (Lipinski definition) is 1. The van der Waals surface area contributed by atoms with Crippen molar-refractivity contribution in [3.8, 4) is 5.75 Å². The lowest BCUT2D eigenvalue weighted by atomic mass is 10.0. The van der Waals surface area contributed by atoms with Crippen molar-refractivity contribution in [2.45, 2.75) is 38.6 Å². The third-order valence-corrected chi connectivity index (χ3v) is 6.82. The number of nitrogens with zero attached hydrogens (tertiary/aromatic N) is 1. The number of aryl methyl sites for hydroxylation is 1. The molecule has 2 amide bonds. The number of amides is 2. The number of carbonyl (C=O) groups is 2. The van der Waals surface area contributed by atoms with Gasteiger partial charge in [-0.3, -0.25) is 9.59 Å². The number of carbonyl (C=O) groups excluding carboxylic acids is 2. The first kappa shape index (κ1) is 26.4. The van der Waals surface area contributed by atoms with Gasteiger partial charge in [-0.2, -0.15) is 0 Å². The van der Waals surface area contributed by atoms with Gasteiger partial charge in [-0.1, -0.05) is 66.7 Å². The largest absolute Gasteiger partial charge is 0.497 e. The van der Waals surface area contributed by atoms with Crippen molar-refractivity contribution in [3.05, 3.63) is 101 Å². The molecule has 0 radical (unpaired) electrons. The minimum absolute atomic E-state index is 0.0569. The van der Waals surface area contributed by atoms with E-state index in [0.717, 1.165) is 22.6 Å². The quantitative estimate of drug-likeness (QED) is 0.388. The summed E-state index contributed by atoms with van der Waals surface area (Å²) in [5.74, 6) is 1.57. The first-order valence-electron chi connectivity index (χ1n) is 11.9. The smallest absolute Gasteiger partial charge is 0.243 e. The molecule has 3 aromatic carbocycles. The highest BCUT2D eigenvalue weighted by molar-refractivity contribution is 7.99. The Morgan fingerprint density at radius 1 is 0.971 bits per heavy atom. The van der Waals surface area contributed by atoms with Crippen LogP contribution in [0.4, 0.5) is 0 Å². The van der Waals surface area contributed by atoms with Crippen LogP contribution >= 0.6 is 11.8 Å². The molecule has 3 rings (SSSR count). The Morgan fingerprint density at radius 2 is 1.69 bits per heavy atom. The van der Waals surface area contributed by atoms with Crippen molar-refractivity contribution < 1.29 is 14.3 Å². The van der Waals surface area contributed by atoms with E-state index in [4.69, 9.17) is 4.74 Å². The van der Waals surface area contributed by atoms with Crippen LogP contribution in [0.25, 0.3) is 0 Å². The van der Waals surface area contributed by atoms with Gasteiger partial charge in [-0.25, -0.2) is 0 Å². The molecule has 0 unspecified atom stereocenters. The van der Waals surface area contributed by atoms with E-state index in [9.17, 15) is 9.59 Å². The van der Waals surface area contributed by atoms with E-state index in [-0.39, 0.29) is 11.8 Å². The molecule has 0 aliphatic rings. The molecule has 0 spiro atoms. The zero-order valence-electron chi connectivity index (χ0n) is 20.7. The minimum atomic E-state index is -0.616. The second-order valence-electron chi connectivity index (χ2n) is 8.39. The Hall–Kier alpha value is -3.25. The van der Waals surface area contributed by atoms with Crippen LogP contribution in [0.15, 0.2) is 78.9 Å². The average molecular weight is 491 g/mol. The van der Waals surface area contributed by atoms with E-state index in [2.05, 4.69) is 24.4 Å². The first-order chi connectivity index (χ1) is 17.0. The molecule has 0 aromatic heterocycles. The highest BCUT2D eigenvalue weighted by Crippen LogP contribution is 2.21. The molecule has 0 saturated heterocycles. The summed E-state index contributed by atoms with van der Waals surface area (Å²) < 4.78 is 5.38. The molecule has 5 nitrogen and oxygen atoms in total. The molecular formula is C29H34N2O3S. The topological polar surface area (TPSA) is 58.6 Å². The minimum Gasteiger partial charge on any atom is -0.497 e. The van der Waals surface area contributed by atoms with E-state index in [1.54, 1.807) is 23.8 Å². The number of likely N-dealkylation sites (N-methyl/N-ethyl adjacent to an activating group) is 1. The number of rotatable bonds is 12. The predicted molar refractivity (Wildman–Crippen MR) is 144 cm³/mol. The Bertz CT molecular complexity index is 1100. The maximum Gasteiger partial charge on any atom is 0.243 e. The van der Waals surface area contributed by atoms with E-state index < -0.39 is 6.04 Å². The van der Waals surface area contributed by atoms with E-state index >= 15 is 0 Å². The third-order valence-electron chi connectivity index (χ3n) is 5.85. The molecule has 0 aliphatic heterocycles. The molecule has 35 heavy (non-hydrogen) atoms. The zero-order chi connectivity index (χ0) is 25.0. The van der Waals surface area contributed by atoms with Crippen LogP contribution in [0.1, 0.15) is 29.2 Å². The highest BCUT2D eigenvalue weighted by atomic mass is 32.2. The van der Waals surface area contributed by atoms with Gasteiger partial charge >= 0.3 is 0 Å². The van der Waals surface area contributed by atoms with Crippen LogP contribution in [-0.2, 0) is 28.3 Å². The SMILES string of the molecule is CCNC(=O)[C@H](Cc1ccccc1)N(Cc1cccc(OC)c1)C(=O)CSCc1ccccc1C. The number of benzene rings is 3. The highest BCUT2D eigenvalue weighted by Gasteiger charge is 2.30. The summed E-state index contributed by atoms with van der Waals surface area (Å²) in [6, 6.07) is 25.1. The summed E-state index contributed by atoms with van der Waals surface area (Å²) >= 11 is 1.58. The second kappa shape index (κ2) is 13.6. The number of ether oxygens (including phenoxy) is 1. The van der Waals surface area contributed by atoms with Gasteiger partial charge < -0.3 is 15.0 Å². The molecule has 0 aliphatic carbocycles. The van der Waals surface area contributed by atoms with Crippen LogP contribution in [0.5, 0.6) is 5.75 Å². The van der Waals surface area contributed by atoms with E-state index in [1.807, 2.05) is 73.7 Å². The van der Waals surface area contributed by atoms with Crippen molar-refractivity contribution in [1.29, 1.82) is 0 Å².